The van der Waals surface area contributed by atoms with E-state index in [9.17, 15) is 13.2 Å². The van der Waals surface area contributed by atoms with Gasteiger partial charge in [-0.25, -0.2) is 13.6 Å². The molecule has 3 rings (SSSR count). The predicted octanol–water partition coefficient (Wildman–Crippen LogP) is 3.30. The van der Waals surface area contributed by atoms with Crippen molar-refractivity contribution >= 4 is 27.7 Å². The lowest BCUT2D eigenvalue weighted by molar-refractivity contribution is -0.111. The van der Waals surface area contributed by atoms with Gasteiger partial charge in [-0.15, -0.1) is 0 Å². The van der Waals surface area contributed by atoms with Gasteiger partial charge in [0.05, 0.1) is 18.0 Å². The first-order chi connectivity index (χ1) is 14.6. The van der Waals surface area contributed by atoms with Crippen LogP contribution in [0.4, 0.5) is 5.69 Å². The summed E-state index contributed by atoms with van der Waals surface area (Å²) in [5, 5.41) is 12.4. The Morgan fingerprint density at radius 2 is 1.81 bits per heavy atom. The molecular weight excluding hydrogens is 412 g/mol. The number of hydrogen-bond donors (Lipinski definition) is 2. The van der Waals surface area contributed by atoms with Gasteiger partial charge in [-0.3, -0.25) is 9.48 Å². The van der Waals surface area contributed by atoms with Crippen LogP contribution in [0.15, 0.2) is 54.6 Å². The fraction of sp³-hybridized carbons (Fsp3) is 0.217. The second kappa shape index (κ2) is 9.28. The zero-order chi connectivity index (χ0) is 22.6. The summed E-state index contributed by atoms with van der Waals surface area (Å²) in [5.41, 5.74) is 6.07. The molecule has 3 N–H and O–H groups in total. The Hall–Kier alpha value is -3.23. The van der Waals surface area contributed by atoms with Crippen molar-refractivity contribution in [2.75, 3.05) is 5.32 Å². The minimum atomic E-state index is -3.64. The highest BCUT2D eigenvalue weighted by atomic mass is 32.2. The Morgan fingerprint density at radius 1 is 1.10 bits per heavy atom. The average molecular weight is 439 g/mol. The van der Waals surface area contributed by atoms with Gasteiger partial charge in [-0.1, -0.05) is 42.0 Å². The zero-order valence-electron chi connectivity index (χ0n) is 17.8. The molecule has 31 heavy (non-hydrogen) atoms. The highest BCUT2D eigenvalue weighted by Gasteiger charge is 2.11. The fourth-order valence-corrected chi connectivity index (χ4v) is 3.93. The number of nitrogens with one attached hydrogen (secondary N) is 1. The topological polar surface area (TPSA) is 107 Å². The van der Waals surface area contributed by atoms with E-state index in [1.54, 1.807) is 30.3 Å². The van der Waals surface area contributed by atoms with Crippen molar-refractivity contribution in [2.45, 2.75) is 33.1 Å². The van der Waals surface area contributed by atoms with E-state index in [4.69, 9.17) is 5.14 Å². The molecule has 2 aromatic carbocycles. The van der Waals surface area contributed by atoms with Crippen LogP contribution >= 0.6 is 0 Å². The SMILES string of the molecule is Cc1ccc(Cn2nc(C)c(/C=C/C(=O)Nc3cccc(CS(N)(=O)=O)c3)c2C)cc1. The molecule has 0 saturated carbocycles. The first-order valence-corrected chi connectivity index (χ1v) is 11.5. The number of carbonyl (C=O) groups excluding carboxylic acids is 1. The van der Waals surface area contributed by atoms with E-state index in [1.165, 1.54) is 11.6 Å². The Kier molecular flexibility index (Phi) is 6.72. The van der Waals surface area contributed by atoms with Gasteiger partial charge >= 0.3 is 0 Å². The Labute approximate surface area is 182 Å². The van der Waals surface area contributed by atoms with E-state index in [2.05, 4.69) is 41.6 Å². The van der Waals surface area contributed by atoms with Crippen molar-refractivity contribution in [1.82, 2.24) is 9.78 Å². The minimum Gasteiger partial charge on any atom is -0.323 e. The molecule has 0 aliphatic heterocycles. The summed E-state index contributed by atoms with van der Waals surface area (Å²) in [6, 6.07) is 14.9. The number of aromatic nitrogens is 2. The lowest BCUT2D eigenvalue weighted by Gasteiger charge is -2.06. The van der Waals surface area contributed by atoms with E-state index in [-0.39, 0.29) is 11.7 Å². The van der Waals surface area contributed by atoms with Crippen LogP contribution in [0, 0.1) is 20.8 Å². The van der Waals surface area contributed by atoms with Gasteiger partial charge < -0.3 is 5.32 Å². The molecule has 1 amide bonds. The normalized spacial score (nSPS) is 11.7. The summed E-state index contributed by atoms with van der Waals surface area (Å²) in [6.45, 7) is 6.59. The maximum atomic E-state index is 12.4. The fourth-order valence-electron chi connectivity index (χ4n) is 3.29. The molecule has 0 saturated heterocycles. The first kappa shape index (κ1) is 22.5. The van der Waals surface area contributed by atoms with Crippen molar-refractivity contribution in [1.29, 1.82) is 0 Å². The largest absolute Gasteiger partial charge is 0.323 e. The van der Waals surface area contributed by atoms with Crippen LogP contribution in [0.5, 0.6) is 0 Å². The predicted molar refractivity (Wildman–Crippen MR) is 123 cm³/mol. The summed E-state index contributed by atoms with van der Waals surface area (Å²) >= 11 is 0. The van der Waals surface area contributed by atoms with Crippen molar-refractivity contribution < 1.29 is 13.2 Å². The van der Waals surface area contributed by atoms with Gasteiger partial charge in [-0.05, 0) is 50.1 Å². The summed E-state index contributed by atoms with van der Waals surface area (Å²) in [6.07, 6.45) is 3.19. The number of hydrogen-bond acceptors (Lipinski definition) is 4. The van der Waals surface area contributed by atoms with Crippen molar-refractivity contribution in [3.63, 3.8) is 0 Å². The van der Waals surface area contributed by atoms with Gasteiger partial charge in [-0.2, -0.15) is 5.10 Å². The van der Waals surface area contributed by atoms with Gasteiger partial charge in [0.25, 0.3) is 0 Å². The van der Waals surface area contributed by atoms with E-state index in [0.717, 1.165) is 22.5 Å². The van der Waals surface area contributed by atoms with Gasteiger partial charge in [0, 0.05) is 23.0 Å². The molecule has 0 fully saturated rings. The van der Waals surface area contributed by atoms with Crippen LogP contribution in [0.1, 0.15) is 33.6 Å². The molecular formula is C23H26N4O3S. The molecule has 8 heteroatoms. The summed E-state index contributed by atoms with van der Waals surface area (Å²) < 4.78 is 24.4. The number of primary sulfonamides is 1. The molecule has 0 bridgehead atoms. The van der Waals surface area contributed by atoms with Crippen molar-refractivity contribution in [3.8, 4) is 0 Å². The molecule has 3 aromatic rings. The molecule has 0 spiro atoms. The number of carbonyl (C=O) groups is 1. The molecule has 1 aromatic heterocycles. The summed E-state index contributed by atoms with van der Waals surface area (Å²) in [4.78, 5) is 12.4. The maximum absolute atomic E-state index is 12.4. The third-order valence-electron chi connectivity index (χ3n) is 4.85. The molecule has 0 aliphatic carbocycles. The van der Waals surface area contributed by atoms with Crippen LogP contribution < -0.4 is 10.5 Å². The number of sulfonamides is 1. The van der Waals surface area contributed by atoms with E-state index in [0.29, 0.717) is 17.8 Å². The molecule has 0 unspecified atom stereocenters. The average Bonchev–Trinajstić information content (AvgIpc) is 2.94. The van der Waals surface area contributed by atoms with Crippen LogP contribution in [0.25, 0.3) is 6.08 Å². The zero-order valence-corrected chi connectivity index (χ0v) is 18.6. The third kappa shape index (κ3) is 6.37. The Balaban J connectivity index is 1.70. The Morgan fingerprint density at radius 3 is 2.48 bits per heavy atom. The van der Waals surface area contributed by atoms with Crippen molar-refractivity contribution in [3.05, 3.63) is 88.2 Å². The van der Waals surface area contributed by atoms with Gasteiger partial charge in [0.15, 0.2) is 0 Å². The monoisotopic (exact) mass is 438 g/mol. The molecule has 7 nitrogen and oxygen atoms in total. The lowest BCUT2D eigenvalue weighted by Crippen LogP contribution is -2.15. The van der Waals surface area contributed by atoms with Gasteiger partial charge in [0.1, 0.15) is 0 Å². The Bertz CT molecular complexity index is 1230. The number of aryl methyl sites for hydroxylation is 2. The van der Waals surface area contributed by atoms with E-state index in [1.807, 2.05) is 18.5 Å². The second-order valence-corrected chi connectivity index (χ2v) is 9.17. The standard InChI is InChI=1S/C23H26N4O3S/c1-16-7-9-19(10-8-16)14-27-18(3)22(17(2)26-27)11-12-23(28)25-21-6-4-5-20(13-21)15-31(24,29)30/h4-13H,14-15H2,1-3H3,(H,25,28)(H2,24,29,30)/b12-11+. The summed E-state index contributed by atoms with van der Waals surface area (Å²) in [7, 11) is -3.64. The number of rotatable bonds is 7. The third-order valence-corrected chi connectivity index (χ3v) is 5.59. The number of anilines is 1. The van der Waals surface area contributed by atoms with Gasteiger partial charge in [0.2, 0.25) is 15.9 Å². The molecule has 1 heterocycles. The summed E-state index contributed by atoms with van der Waals surface area (Å²) in [5.74, 6) is -0.608. The molecule has 0 atom stereocenters. The van der Waals surface area contributed by atoms with E-state index >= 15 is 0 Å². The number of benzene rings is 2. The first-order valence-electron chi connectivity index (χ1n) is 9.79. The van der Waals surface area contributed by atoms with Crippen LogP contribution in [-0.2, 0) is 27.1 Å². The smallest absolute Gasteiger partial charge is 0.248 e. The highest BCUT2D eigenvalue weighted by molar-refractivity contribution is 7.88. The van der Waals surface area contributed by atoms with E-state index < -0.39 is 10.0 Å². The van der Waals surface area contributed by atoms with Crippen LogP contribution in [0.3, 0.4) is 0 Å². The number of amides is 1. The number of nitrogens with zero attached hydrogens (tertiary/aromatic N) is 2. The highest BCUT2D eigenvalue weighted by Crippen LogP contribution is 2.17. The van der Waals surface area contributed by atoms with Crippen LogP contribution in [-0.4, -0.2) is 24.1 Å². The number of nitrogens with two attached hydrogens (primary N) is 1. The second-order valence-electron chi connectivity index (χ2n) is 7.56. The lowest BCUT2D eigenvalue weighted by atomic mass is 10.1. The molecule has 162 valence electrons. The minimum absolute atomic E-state index is 0.287. The maximum Gasteiger partial charge on any atom is 0.248 e. The molecule has 0 aliphatic rings. The molecule has 0 radical (unpaired) electrons. The van der Waals surface area contributed by atoms with Crippen molar-refractivity contribution in [2.24, 2.45) is 5.14 Å². The quantitative estimate of drug-likeness (QED) is 0.552. The van der Waals surface area contributed by atoms with Crippen LogP contribution in [0.2, 0.25) is 0 Å².